The van der Waals surface area contributed by atoms with Crippen LogP contribution in [0.25, 0.3) is 0 Å². The van der Waals surface area contributed by atoms with Crippen molar-refractivity contribution < 1.29 is 26.3 Å². The fraction of sp³-hybridized carbons (Fsp3) is 0. The summed E-state index contributed by atoms with van der Waals surface area (Å²) in [7, 11) is 0. The molecule has 1 aromatic heterocycles. The maximum atomic E-state index is 11.5. The summed E-state index contributed by atoms with van der Waals surface area (Å²) >= 11 is 0. The molecule has 0 unspecified atom stereocenters. The molecule has 0 saturated carbocycles. The summed E-state index contributed by atoms with van der Waals surface area (Å²) in [5.74, 6) is 4.94. The van der Waals surface area contributed by atoms with Gasteiger partial charge in [-0.1, -0.05) is 18.2 Å². The minimum Gasteiger partial charge on any atom is -0.400 e. The van der Waals surface area contributed by atoms with Gasteiger partial charge in [0.15, 0.2) is 0 Å². The SMILES string of the molecule is Nn1nncc1OC(=O)c1ccccc1.[Co]. The van der Waals surface area contributed by atoms with Crippen molar-refractivity contribution in [3.05, 3.63) is 42.1 Å². The number of carbonyl (C=O) groups excluding carboxylic acids is 1. The molecule has 6 nitrogen and oxygen atoms in total. The van der Waals surface area contributed by atoms with Crippen molar-refractivity contribution in [2.45, 2.75) is 0 Å². The fourth-order valence-corrected chi connectivity index (χ4v) is 1.04. The van der Waals surface area contributed by atoms with Crippen LogP contribution in [0.4, 0.5) is 0 Å². The van der Waals surface area contributed by atoms with Crippen molar-refractivity contribution in [1.82, 2.24) is 15.1 Å². The third-order valence-corrected chi connectivity index (χ3v) is 1.75. The molecule has 1 radical (unpaired) electrons. The monoisotopic (exact) mass is 263 g/mol. The topological polar surface area (TPSA) is 83.0 Å². The molecule has 2 N–H and O–H groups in total. The van der Waals surface area contributed by atoms with Crippen molar-refractivity contribution in [1.29, 1.82) is 0 Å². The Morgan fingerprint density at radius 3 is 2.56 bits per heavy atom. The van der Waals surface area contributed by atoms with Gasteiger partial charge in [0.2, 0.25) is 0 Å². The second-order valence-electron chi connectivity index (χ2n) is 2.77. The summed E-state index contributed by atoms with van der Waals surface area (Å²) in [5.41, 5.74) is 0.443. The number of esters is 1. The van der Waals surface area contributed by atoms with Gasteiger partial charge in [-0.25, -0.2) is 4.79 Å². The van der Waals surface area contributed by atoms with E-state index in [2.05, 4.69) is 10.3 Å². The molecule has 1 heterocycles. The molecule has 0 bridgehead atoms. The Morgan fingerprint density at radius 2 is 2.00 bits per heavy atom. The van der Waals surface area contributed by atoms with E-state index in [1.165, 1.54) is 6.20 Å². The minimum absolute atomic E-state index is 0. The van der Waals surface area contributed by atoms with Crippen LogP contribution in [-0.2, 0) is 16.8 Å². The van der Waals surface area contributed by atoms with Crippen LogP contribution in [0.3, 0.4) is 0 Å². The van der Waals surface area contributed by atoms with E-state index in [1.807, 2.05) is 6.07 Å². The maximum absolute atomic E-state index is 11.5. The van der Waals surface area contributed by atoms with Gasteiger partial charge in [-0.3, -0.25) is 0 Å². The second kappa shape index (κ2) is 5.28. The van der Waals surface area contributed by atoms with E-state index in [1.54, 1.807) is 24.3 Å². The van der Waals surface area contributed by atoms with Crippen molar-refractivity contribution in [3.63, 3.8) is 0 Å². The van der Waals surface area contributed by atoms with Crippen LogP contribution in [0, 0.1) is 0 Å². The van der Waals surface area contributed by atoms with Gasteiger partial charge in [0.25, 0.3) is 5.88 Å². The molecule has 16 heavy (non-hydrogen) atoms. The molecule has 0 saturated heterocycles. The molecule has 0 aliphatic rings. The molecule has 0 fully saturated rings. The average Bonchev–Trinajstić information content (AvgIpc) is 2.66. The third-order valence-electron chi connectivity index (χ3n) is 1.75. The van der Waals surface area contributed by atoms with Gasteiger partial charge in [-0.15, -0.1) is 9.89 Å². The Bertz CT molecular complexity index is 471. The predicted octanol–water partition coefficient (Wildman–Crippen LogP) is 0.209. The summed E-state index contributed by atoms with van der Waals surface area (Å²) in [4.78, 5) is 12.4. The van der Waals surface area contributed by atoms with Crippen LogP contribution in [-0.4, -0.2) is 21.1 Å². The smallest absolute Gasteiger partial charge is 0.344 e. The fourth-order valence-electron chi connectivity index (χ4n) is 1.04. The van der Waals surface area contributed by atoms with Crippen LogP contribution < -0.4 is 10.6 Å². The number of aromatic nitrogens is 3. The summed E-state index contributed by atoms with van der Waals surface area (Å²) in [6.07, 6.45) is 1.26. The molecular weight excluding hydrogens is 255 g/mol. The number of hydrogen-bond donors (Lipinski definition) is 1. The first-order valence-electron chi connectivity index (χ1n) is 4.20. The van der Waals surface area contributed by atoms with Gasteiger partial charge in [-0.05, 0) is 17.3 Å². The van der Waals surface area contributed by atoms with E-state index >= 15 is 0 Å². The van der Waals surface area contributed by atoms with Crippen LogP contribution in [0.1, 0.15) is 10.4 Å². The Morgan fingerprint density at radius 1 is 1.31 bits per heavy atom. The van der Waals surface area contributed by atoms with Crippen LogP contribution >= 0.6 is 0 Å². The van der Waals surface area contributed by atoms with Gasteiger partial charge in [-0.2, -0.15) is 0 Å². The normalized spacial score (nSPS) is 9.25. The molecule has 0 aliphatic carbocycles. The van der Waals surface area contributed by atoms with Gasteiger partial charge in [0, 0.05) is 16.8 Å². The Kier molecular flexibility index (Phi) is 4.03. The van der Waals surface area contributed by atoms with Gasteiger partial charge in [0.1, 0.15) is 6.20 Å². The number of benzene rings is 1. The van der Waals surface area contributed by atoms with Crippen molar-refractivity contribution in [2.24, 2.45) is 0 Å². The molecule has 0 atom stereocenters. The molecule has 1 aromatic carbocycles. The minimum atomic E-state index is -0.496. The number of rotatable bonds is 2. The van der Waals surface area contributed by atoms with Crippen molar-refractivity contribution >= 4 is 5.97 Å². The molecule has 0 aliphatic heterocycles. The standard InChI is InChI=1S/C9H8N4O2.Co/c10-13-8(6-11-12-13)15-9(14)7-4-2-1-3-5-7;/h1-6H,10H2;. The van der Waals surface area contributed by atoms with E-state index in [0.29, 0.717) is 5.56 Å². The average molecular weight is 263 g/mol. The molecule has 0 amide bonds. The number of ether oxygens (including phenoxy) is 1. The molecule has 2 rings (SSSR count). The largest absolute Gasteiger partial charge is 0.400 e. The number of nitrogens with zero attached hydrogens (tertiary/aromatic N) is 3. The first-order chi connectivity index (χ1) is 7.27. The summed E-state index contributed by atoms with van der Waals surface area (Å²) < 4.78 is 4.95. The molecule has 7 heteroatoms. The van der Waals surface area contributed by atoms with Crippen molar-refractivity contribution in [2.75, 3.05) is 5.84 Å². The van der Waals surface area contributed by atoms with Crippen LogP contribution in [0.15, 0.2) is 36.5 Å². The molecule has 2 aromatic rings. The zero-order chi connectivity index (χ0) is 10.7. The van der Waals surface area contributed by atoms with Crippen LogP contribution in [0.2, 0.25) is 0 Å². The van der Waals surface area contributed by atoms with E-state index in [9.17, 15) is 4.79 Å². The van der Waals surface area contributed by atoms with Crippen LogP contribution in [0.5, 0.6) is 5.88 Å². The summed E-state index contributed by atoms with van der Waals surface area (Å²) in [5, 5.41) is 6.91. The third kappa shape index (κ3) is 2.58. The van der Waals surface area contributed by atoms with E-state index in [0.717, 1.165) is 4.79 Å². The second-order valence-corrected chi connectivity index (χ2v) is 2.77. The zero-order valence-corrected chi connectivity index (χ0v) is 9.07. The van der Waals surface area contributed by atoms with E-state index in [4.69, 9.17) is 10.6 Å². The number of carbonyl (C=O) groups is 1. The number of nitrogens with two attached hydrogens (primary N) is 1. The van der Waals surface area contributed by atoms with Gasteiger partial charge in [0.05, 0.1) is 5.56 Å². The zero-order valence-electron chi connectivity index (χ0n) is 8.03. The summed E-state index contributed by atoms with van der Waals surface area (Å²) in [6, 6.07) is 8.59. The summed E-state index contributed by atoms with van der Waals surface area (Å²) in [6.45, 7) is 0. The molecular formula is C9H8CoN4O2. The Balaban J connectivity index is 0.00000128. The predicted molar refractivity (Wildman–Crippen MR) is 51.6 cm³/mol. The number of nitrogen functional groups attached to an aromatic ring is 1. The van der Waals surface area contributed by atoms with E-state index in [-0.39, 0.29) is 22.7 Å². The first-order valence-corrected chi connectivity index (χ1v) is 4.20. The van der Waals surface area contributed by atoms with E-state index < -0.39 is 5.97 Å². The Labute approximate surface area is 102 Å². The van der Waals surface area contributed by atoms with Gasteiger partial charge >= 0.3 is 5.97 Å². The Hall–Kier alpha value is -1.86. The van der Waals surface area contributed by atoms with Crippen molar-refractivity contribution in [3.8, 4) is 5.88 Å². The maximum Gasteiger partial charge on any atom is 0.344 e. The quantitative estimate of drug-likeness (QED) is 0.618. The first kappa shape index (κ1) is 12.2. The number of hydrogen-bond acceptors (Lipinski definition) is 5. The van der Waals surface area contributed by atoms with Gasteiger partial charge < -0.3 is 10.6 Å². The molecule has 0 spiro atoms. The molecule has 85 valence electrons.